The molecule has 8 nitrogen and oxygen atoms in total. The van der Waals surface area contributed by atoms with Crippen molar-refractivity contribution in [3.63, 3.8) is 0 Å². The molecule has 0 aliphatic rings. The van der Waals surface area contributed by atoms with Gasteiger partial charge in [-0.3, -0.25) is 4.79 Å². The SMILES string of the molecule is COc1ccc(-c2noc(N(C)CC(=O)Nc3ccccc3OC)n2)cc1. The van der Waals surface area contributed by atoms with Crippen molar-refractivity contribution in [2.45, 2.75) is 0 Å². The van der Waals surface area contributed by atoms with Crippen LogP contribution in [-0.4, -0.2) is 43.9 Å². The molecule has 0 aliphatic heterocycles. The molecule has 0 spiro atoms. The molecular weight excluding hydrogens is 348 g/mol. The number of para-hydroxylation sites is 2. The lowest BCUT2D eigenvalue weighted by Crippen LogP contribution is -2.30. The van der Waals surface area contributed by atoms with E-state index in [1.165, 1.54) is 0 Å². The highest BCUT2D eigenvalue weighted by Crippen LogP contribution is 2.24. The molecule has 1 heterocycles. The van der Waals surface area contributed by atoms with E-state index >= 15 is 0 Å². The zero-order valence-corrected chi connectivity index (χ0v) is 15.3. The fourth-order valence-electron chi connectivity index (χ4n) is 2.45. The normalized spacial score (nSPS) is 10.3. The molecular formula is C19H20N4O4. The van der Waals surface area contributed by atoms with E-state index in [0.29, 0.717) is 17.3 Å². The van der Waals surface area contributed by atoms with Crippen molar-refractivity contribution in [3.05, 3.63) is 48.5 Å². The third-order valence-corrected chi connectivity index (χ3v) is 3.85. The van der Waals surface area contributed by atoms with Gasteiger partial charge in [-0.1, -0.05) is 17.3 Å². The lowest BCUT2D eigenvalue weighted by Gasteiger charge is -2.14. The highest BCUT2D eigenvalue weighted by molar-refractivity contribution is 5.95. The second kappa shape index (κ2) is 8.22. The number of nitrogens with one attached hydrogen (secondary N) is 1. The van der Waals surface area contributed by atoms with Gasteiger partial charge in [0.2, 0.25) is 11.7 Å². The quantitative estimate of drug-likeness (QED) is 0.686. The summed E-state index contributed by atoms with van der Waals surface area (Å²) in [5, 5.41) is 6.77. The molecule has 140 valence electrons. The minimum absolute atomic E-state index is 0.0439. The number of amides is 1. The summed E-state index contributed by atoms with van der Waals surface area (Å²) < 4.78 is 15.6. The van der Waals surface area contributed by atoms with Crippen LogP contribution in [-0.2, 0) is 4.79 Å². The Kier molecular flexibility index (Phi) is 5.55. The number of nitrogens with zero attached hydrogens (tertiary/aromatic N) is 3. The van der Waals surface area contributed by atoms with Crippen molar-refractivity contribution < 1.29 is 18.8 Å². The van der Waals surface area contributed by atoms with E-state index < -0.39 is 0 Å². The third kappa shape index (κ3) is 4.35. The molecule has 1 aromatic heterocycles. The van der Waals surface area contributed by atoms with Crippen LogP contribution >= 0.6 is 0 Å². The average Bonchev–Trinajstić information content (AvgIpc) is 3.19. The molecule has 0 radical (unpaired) electrons. The Hall–Kier alpha value is -3.55. The average molecular weight is 368 g/mol. The summed E-state index contributed by atoms with van der Waals surface area (Å²) >= 11 is 0. The van der Waals surface area contributed by atoms with Gasteiger partial charge in [0, 0.05) is 12.6 Å². The summed E-state index contributed by atoms with van der Waals surface area (Å²) in [4.78, 5) is 18.2. The van der Waals surface area contributed by atoms with Gasteiger partial charge in [-0.15, -0.1) is 0 Å². The Morgan fingerprint density at radius 1 is 1.11 bits per heavy atom. The number of anilines is 2. The van der Waals surface area contributed by atoms with Crippen molar-refractivity contribution in [3.8, 4) is 22.9 Å². The first-order valence-corrected chi connectivity index (χ1v) is 8.23. The molecule has 27 heavy (non-hydrogen) atoms. The molecule has 0 fully saturated rings. The van der Waals surface area contributed by atoms with Crippen LogP contribution < -0.4 is 19.7 Å². The molecule has 1 N–H and O–H groups in total. The fraction of sp³-hybridized carbons (Fsp3) is 0.211. The predicted molar refractivity (Wildman–Crippen MR) is 101 cm³/mol. The maximum Gasteiger partial charge on any atom is 0.324 e. The number of benzene rings is 2. The number of likely N-dealkylation sites (N-methyl/N-ethyl adjacent to an activating group) is 1. The van der Waals surface area contributed by atoms with Gasteiger partial charge in [-0.2, -0.15) is 4.98 Å². The third-order valence-electron chi connectivity index (χ3n) is 3.85. The van der Waals surface area contributed by atoms with Gasteiger partial charge < -0.3 is 24.2 Å². The minimum atomic E-state index is -0.230. The maximum atomic E-state index is 12.3. The van der Waals surface area contributed by atoms with Crippen LogP contribution in [0.4, 0.5) is 11.7 Å². The molecule has 0 saturated carbocycles. The van der Waals surface area contributed by atoms with Gasteiger partial charge in [0.05, 0.1) is 19.9 Å². The Balaban J connectivity index is 1.65. The molecule has 1 amide bonds. The first-order valence-electron chi connectivity index (χ1n) is 8.23. The lowest BCUT2D eigenvalue weighted by molar-refractivity contribution is -0.115. The van der Waals surface area contributed by atoms with E-state index in [9.17, 15) is 4.79 Å². The van der Waals surface area contributed by atoms with Crippen molar-refractivity contribution in [2.24, 2.45) is 0 Å². The van der Waals surface area contributed by atoms with Crippen molar-refractivity contribution >= 4 is 17.6 Å². The monoisotopic (exact) mass is 368 g/mol. The maximum absolute atomic E-state index is 12.3. The molecule has 3 aromatic rings. The summed E-state index contributed by atoms with van der Waals surface area (Å²) in [6.07, 6.45) is 0. The van der Waals surface area contributed by atoms with Crippen LogP contribution in [0.15, 0.2) is 53.1 Å². The smallest absolute Gasteiger partial charge is 0.324 e. The number of rotatable bonds is 7. The van der Waals surface area contributed by atoms with Crippen molar-refractivity contribution in [1.82, 2.24) is 10.1 Å². The van der Waals surface area contributed by atoms with E-state index in [1.807, 2.05) is 36.4 Å². The van der Waals surface area contributed by atoms with Crippen molar-refractivity contribution in [2.75, 3.05) is 38.0 Å². The number of carbonyl (C=O) groups excluding carboxylic acids is 1. The van der Waals surface area contributed by atoms with Crippen LogP contribution in [0, 0.1) is 0 Å². The molecule has 0 bridgehead atoms. The second-order valence-electron chi connectivity index (χ2n) is 5.73. The Labute approximate surface area is 156 Å². The molecule has 0 aliphatic carbocycles. The van der Waals surface area contributed by atoms with E-state index in [0.717, 1.165) is 11.3 Å². The standard InChI is InChI=1S/C19H20N4O4/c1-23(12-17(24)20-15-6-4-5-7-16(15)26-3)19-21-18(22-27-19)13-8-10-14(25-2)11-9-13/h4-11H,12H2,1-3H3,(H,20,24). The van der Waals surface area contributed by atoms with Crippen molar-refractivity contribution in [1.29, 1.82) is 0 Å². The molecule has 0 unspecified atom stereocenters. The molecule has 2 aromatic carbocycles. The minimum Gasteiger partial charge on any atom is -0.497 e. The summed E-state index contributed by atoms with van der Waals surface area (Å²) in [6.45, 7) is 0.0439. The van der Waals surface area contributed by atoms with Gasteiger partial charge in [0.1, 0.15) is 18.0 Å². The van der Waals surface area contributed by atoms with Gasteiger partial charge in [0.15, 0.2) is 0 Å². The van der Waals surface area contributed by atoms with E-state index in [1.54, 1.807) is 38.3 Å². The van der Waals surface area contributed by atoms with E-state index in [4.69, 9.17) is 14.0 Å². The molecule has 0 saturated heterocycles. The van der Waals surface area contributed by atoms with Crippen LogP contribution in [0.3, 0.4) is 0 Å². The van der Waals surface area contributed by atoms with Gasteiger partial charge in [0.25, 0.3) is 0 Å². The summed E-state index contributed by atoms with van der Waals surface area (Å²) in [7, 11) is 4.86. The van der Waals surface area contributed by atoms with Crippen LogP contribution in [0.5, 0.6) is 11.5 Å². The number of hydrogen-bond acceptors (Lipinski definition) is 7. The largest absolute Gasteiger partial charge is 0.497 e. The summed E-state index contributed by atoms with van der Waals surface area (Å²) in [5.74, 6) is 1.54. The fourth-order valence-corrected chi connectivity index (χ4v) is 2.45. The van der Waals surface area contributed by atoms with Gasteiger partial charge in [-0.25, -0.2) is 0 Å². The lowest BCUT2D eigenvalue weighted by atomic mass is 10.2. The summed E-state index contributed by atoms with van der Waals surface area (Å²) in [6, 6.07) is 14.7. The Bertz CT molecular complexity index is 908. The van der Waals surface area contributed by atoms with Crippen LogP contribution in [0.1, 0.15) is 0 Å². The van der Waals surface area contributed by atoms with E-state index in [-0.39, 0.29) is 18.5 Å². The van der Waals surface area contributed by atoms with Crippen LogP contribution in [0.2, 0.25) is 0 Å². The predicted octanol–water partition coefficient (Wildman–Crippen LogP) is 2.83. The van der Waals surface area contributed by atoms with Gasteiger partial charge in [-0.05, 0) is 36.4 Å². The van der Waals surface area contributed by atoms with Crippen LogP contribution in [0.25, 0.3) is 11.4 Å². The number of ether oxygens (including phenoxy) is 2. The molecule has 0 atom stereocenters. The second-order valence-corrected chi connectivity index (χ2v) is 5.73. The first kappa shape index (κ1) is 18.2. The number of methoxy groups -OCH3 is 2. The highest BCUT2D eigenvalue weighted by Gasteiger charge is 2.16. The number of hydrogen-bond donors (Lipinski definition) is 1. The number of aromatic nitrogens is 2. The molecule has 3 rings (SSSR count). The highest BCUT2D eigenvalue weighted by atomic mass is 16.5. The summed E-state index contributed by atoms with van der Waals surface area (Å²) in [5.41, 5.74) is 1.39. The van der Waals surface area contributed by atoms with Gasteiger partial charge >= 0.3 is 6.01 Å². The van der Waals surface area contributed by atoms with E-state index in [2.05, 4.69) is 15.5 Å². The number of carbonyl (C=O) groups is 1. The molecule has 8 heteroatoms. The Morgan fingerprint density at radius 2 is 1.85 bits per heavy atom. The Morgan fingerprint density at radius 3 is 2.56 bits per heavy atom. The zero-order chi connectivity index (χ0) is 19.2. The topological polar surface area (TPSA) is 89.7 Å². The first-order chi connectivity index (χ1) is 13.1. The zero-order valence-electron chi connectivity index (χ0n) is 15.3.